The summed E-state index contributed by atoms with van der Waals surface area (Å²) in [5.41, 5.74) is 8.87. The van der Waals surface area contributed by atoms with Crippen LogP contribution in [0.1, 0.15) is 24.0 Å². The Morgan fingerprint density at radius 1 is 1.33 bits per heavy atom. The maximum Gasteiger partial charge on any atom is 0.122 e. The monoisotopic (exact) mass is 286 g/mol. The van der Waals surface area contributed by atoms with Gasteiger partial charge in [0.15, 0.2) is 0 Å². The molecule has 0 radical (unpaired) electrons. The summed E-state index contributed by atoms with van der Waals surface area (Å²) in [7, 11) is 1.73. The summed E-state index contributed by atoms with van der Waals surface area (Å²) in [5.74, 6) is 2.36. The molecule has 114 valence electrons. The van der Waals surface area contributed by atoms with E-state index in [1.807, 2.05) is 6.08 Å². The molecule has 1 aliphatic heterocycles. The average molecular weight is 286 g/mol. The highest BCUT2D eigenvalue weighted by Gasteiger charge is 2.39. The number of hydrogen-bond donors (Lipinski definition) is 1. The first-order chi connectivity index (χ1) is 10.2. The molecule has 2 fully saturated rings. The van der Waals surface area contributed by atoms with Gasteiger partial charge in [-0.2, -0.15) is 0 Å². The van der Waals surface area contributed by atoms with E-state index in [9.17, 15) is 0 Å². The molecule has 1 unspecified atom stereocenters. The van der Waals surface area contributed by atoms with Crippen LogP contribution in [-0.4, -0.2) is 31.1 Å². The number of allylic oxidation sites excluding steroid dienone is 1. The van der Waals surface area contributed by atoms with Gasteiger partial charge in [0, 0.05) is 25.7 Å². The van der Waals surface area contributed by atoms with Gasteiger partial charge in [-0.15, -0.1) is 6.58 Å². The molecule has 2 N–H and O–H groups in total. The average Bonchev–Trinajstić information content (AvgIpc) is 2.71. The van der Waals surface area contributed by atoms with Gasteiger partial charge in [-0.25, -0.2) is 0 Å². The Morgan fingerprint density at radius 3 is 2.67 bits per heavy atom. The van der Waals surface area contributed by atoms with Gasteiger partial charge in [0.25, 0.3) is 0 Å². The number of ether oxygens (including phenoxy) is 1. The van der Waals surface area contributed by atoms with Crippen molar-refractivity contribution in [3.05, 3.63) is 42.0 Å². The van der Waals surface area contributed by atoms with E-state index in [0.717, 1.165) is 31.8 Å². The Balaban J connectivity index is 1.70. The van der Waals surface area contributed by atoms with E-state index in [1.54, 1.807) is 7.11 Å². The fraction of sp³-hybridized carbons (Fsp3) is 0.556. The zero-order chi connectivity index (χ0) is 14.8. The molecule has 1 saturated carbocycles. The second-order valence-electron chi connectivity index (χ2n) is 6.51. The van der Waals surface area contributed by atoms with Crippen molar-refractivity contribution in [1.82, 2.24) is 4.90 Å². The summed E-state index contributed by atoms with van der Waals surface area (Å²) in [6.07, 6.45) is 5.41. The zero-order valence-corrected chi connectivity index (χ0v) is 12.9. The summed E-state index contributed by atoms with van der Waals surface area (Å²) >= 11 is 0. The van der Waals surface area contributed by atoms with Crippen molar-refractivity contribution in [3.63, 3.8) is 0 Å². The highest BCUT2D eigenvalue weighted by atomic mass is 16.5. The van der Waals surface area contributed by atoms with Gasteiger partial charge in [0.1, 0.15) is 5.75 Å². The van der Waals surface area contributed by atoms with Gasteiger partial charge in [-0.1, -0.05) is 18.2 Å². The maximum absolute atomic E-state index is 6.29. The number of nitrogens with zero attached hydrogens (tertiary/aromatic N) is 1. The molecule has 1 aromatic rings. The Bertz CT molecular complexity index is 500. The van der Waals surface area contributed by atoms with Crippen LogP contribution in [0.4, 0.5) is 0 Å². The van der Waals surface area contributed by atoms with E-state index in [1.165, 1.54) is 24.0 Å². The van der Waals surface area contributed by atoms with Gasteiger partial charge in [0.05, 0.1) is 7.11 Å². The minimum atomic E-state index is 0.438. The van der Waals surface area contributed by atoms with Crippen LogP contribution in [0.25, 0.3) is 0 Å². The van der Waals surface area contributed by atoms with E-state index in [-0.39, 0.29) is 0 Å². The summed E-state index contributed by atoms with van der Waals surface area (Å²) in [5, 5.41) is 0. The predicted molar refractivity (Wildman–Crippen MR) is 86.4 cm³/mol. The number of hydrogen-bond acceptors (Lipinski definition) is 3. The van der Waals surface area contributed by atoms with Crippen molar-refractivity contribution >= 4 is 0 Å². The van der Waals surface area contributed by atoms with Gasteiger partial charge in [-0.05, 0) is 48.3 Å². The molecule has 2 aliphatic rings. The highest BCUT2D eigenvalue weighted by molar-refractivity contribution is 5.38. The van der Waals surface area contributed by atoms with E-state index in [0.29, 0.717) is 17.9 Å². The topological polar surface area (TPSA) is 38.5 Å². The van der Waals surface area contributed by atoms with Crippen molar-refractivity contribution in [2.75, 3.05) is 20.2 Å². The first-order valence-corrected chi connectivity index (χ1v) is 7.96. The van der Waals surface area contributed by atoms with Crippen LogP contribution in [0.15, 0.2) is 30.9 Å². The minimum absolute atomic E-state index is 0.438. The third-order valence-corrected chi connectivity index (χ3v) is 5.10. The molecular weight excluding hydrogens is 260 g/mol. The van der Waals surface area contributed by atoms with Gasteiger partial charge in [0.2, 0.25) is 0 Å². The van der Waals surface area contributed by atoms with Crippen molar-refractivity contribution in [2.45, 2.75) is 31.8 Å². The summed E-state index contributed by atoms with van der Waals surface area (Å²) in [4.78, 5) is 2.57. The van der Waals surface area contributed by atoms with Crippen LogP contribution in [-0.2, 0) is 13.0 Å². The third-order valence-electron chi connectivity index (χ3n) is 5.10. The Labute approximate surface area is 127 Å². The second-order valence-corrected chi connectivity index (χ2v) is 6.51. The van der Waals surface area contributed by atoms with E-state index in [2.05, 4.69) is 29.7 Å². The van der Waals surface area contributed by atoms with Crippen LogP contribution in [0.2, 0.25) is 0 Å². The molecule has 0 amide bonds. The number of methoxy groups -OCH3 is 1. The van der Waals surface area contributed by atoms with E-state index in [4.69, 9.17) is 10.5 Å². The molecule has 21 heavy (non-hydrogen) atoms. The summed E-state index contributed by atoms with van der Waals surface area (Å²) in [6.45, 7) is 7.16. The molecule has 1 aliphatic carbocycles. The zero-order valence-electron chi connectivity index (χ0n) is 12.9. The number of nitrogens with two attached hydrogens (primary N) is 1. The number of likely N-dealkylation sites (tertiary alicyclic amines) is 1. The molecule has 3 rings (SSSR count). The van der Waals surface area contributed by atoms with Crippen molar-refractivity contribution in [1.29, 1.82) is 0 Å². The quantitative estimate of drug-likeness (QED) is 0.846. The lowest BCUT2D eigenvalue weighted by Crippen LogP contribution is -2.48. The largest absolute Gasteiger partial charge is 0.496 e. The summed E-state index contributed by atoms with van der Waals surface area (Å²) in [6, 6.07) is 6.96. The fourth-order valence-electron chi connectivity index (χ4n) is 3.99. The number of fused-ring (bicyclic) bond motifs is 2. The SMILES string of the molecule is C=CCc1cc(CN2C[C@H]3CC[C@@H](C2)C3N)ccc1OC. The van der Waals surface area contributed by atoms with Crippen LogP contribution in [0.5, 0.6) is 5.75 Å². The lowest BCUT2D eigenvalue weighted by molar-refractivity contribution is 0.140. The molecule has 0 spiro atoms. The van der Waals surface area contributed by atoms with E-state index < -0.39 is 0 Å². The Morgan fingerprint density at radius 2 is 2.05 bits per heavy atom. The summed E-state index contributed by atoms with van der Waals surface area (Å²) < 4.78 is 5.42. The van der Waals surface area contributed by atoms with Crippen molar-refractivity contribution in [2.24, 2.45) is 17.6 Å². The third kappa shape index (κ3) is 2.99. The molecule has 3 heteroatoms. The van der Waals surface area contributed by atoms with E-state index >= 15 is 0 Å². The van der Waals surface area contributed by atoms with Crippen LogP contribution < -0.4 is 10.5 Å². The van der Waals surface area contributed by atoms with Crippen molar-refractivity contribution in [3.8, 4) is 5.75 Å². The smallest absolute Gasteiger partial charge is 0.122 e. The Kier molecular flexibility index (Phi) is 4.32. The Hall–Kier alpha value is -1.32. The predicted octanol–water partition coefficient (Wildman–Crippen LogP) is 2.59. The first kappa shape index (κ1) is 14.6. The molecule has 3 nitrogen and oxygen atoms in total. The second kappa shape index (κ2) is 6.20. The van der Waals surface area contributed by atoms with Gasteiger partial charge in [-0.3, -0.25) is 4.90 Å². The highest BCUT2D eigenvalue weighted by Crippen LogP contribution is 2.36. The number of piperidine rings is 1. The lowest BCUT2D eigenvalue weighted by Gasteiger charge is -2.36. The minimum Gasteiger partial charge on any atom is -0.496 e. The molecule has 1 aromatic carbocycles. The molecule has 3 atom stereocenters. The number of rotatable bonds is 5. The van der Waals surface area contributed by atoms with Gasteiger partial charge < -0.3 is 10.5 Å². The number of benzene rings is 1. The first-order valence-electron chi connectivity index (χ1n) is 7.96. The molecule has 0 aromatic heterocycles. The van der Waals surface area contributed by atoms with Crippen LogP contribution in [0.3, 0.4) is 0 Å². The fourth-order valence-corrected chi connectivity index (χ4v) is 3.99. The van der Waals surface area contributed by atoms with Crippen molar-refractivity contribution < 1.29 is 4.74 Å². The van der Waals surface area contributed by atoms with Crippen LogP contribution in [0, 0.1) is 11.8 Å². The van der Waals surface area contributed by atoms with Crippen LogP contribution >= 0.6 is 0 Å². The molecule has 1 heterocycles. The molecular formula is C18H26N2O. The maximum atomic E-state index is 6.29. The standard InChI is InChI=1S/C18H26N2O/c1-3-4-14-9-13(5-8-17(14)21-2)10-20-11-15-6-7-16(12-20)18(15)19/h3,5,8-9,15-16,18H,1,4,6-7,10-12,19H2,2H3/t15-,16+,18?. The molecule has 2 bridgehead atoms. The van der Waals surface area contributed by atoms with Gasteiger partial charge >= 0.3 is 0 Å². The normalized spacial score (nSPS) is 28.6. The lowest BCUT2D eigenvalue weighted by atomic mass is 9.92. The molecule has 1 saturated heterocycles.